The lowest BCUT2D eigenvalue weighted by Gasteiger charge is -2.17. The molecule has 0 aliphatic rings. The lowest BCUT2D eigenvalue weighted by molar-refractivity contribution is 0.163. The molecule has 1 aromatic heterocycles. The zero-order chi connectivity index (χ0) is 9.84. The van der Waals surface area contributed by atoms with E-state index in [0.29, 0.717) is 5.92 Å². The Labute approximate surface area is 80.0 Å². The van der Waals surface area contributed by atoms with Crippen molar-refractivity contribution in [1.82, 2.24) is 4.98 Å². The van der Waals surface area contributed by atoms with Crippen LogP contribution in [0.2, 0.25) is 0 Å². The van der Waals surface area contributed by atoms with Crippen LogP contribution in [0.3, 0.4) is 0 Å². The Bertz CT molecular complexity index is 271. The van der Waals surface area contributed by atoms with Crippen LogP contribution >= 0.6 is 0 Å². The van der Waals surface area contributed by atoms with Gasteiger partial charge in [-0.05, 0) is 25.8 Å². The Morgan fingerprint density at radius 3 is 2.46 bits per heavy atom. The average molecular weight is 179 g/mol. The summed E-state index contributed by atoms with van der Waals surface area (Å²) in [5, 5.41) is 0. The topological polar surface area (TPSA) is 22.1 Å². The van der Waals surface area contributed by atoms with Crippen molar-refractivity contribution in [2.45, 2.75) is 33.8 Å². The minimum atomic E-state index is 0.217. The van der Waals surface area contributed by atoms with E-state index in [-0.39, 0.29) is 6.10 Å². The van der Waals surface area contributed by atoms with E-state index in [4.69, 9.17) is 4.74 Å². The molecule has 0 bridgehead atoms. The van der Waals surface area contributed by atoms with E-state index >= 15 is 0 Å². The summed E-state index contributed by atoms with van der Waals surface area (Å²) in [6.07, 6.45) is 0.217. The molecule has 1 unspecified atom stereocenters. The molecule has 0 aliphatic carbocycles. The van der Waals surface area contributed by atoms with Crippen LogP contribution in [0.1, 0.15) is 26.5 Å². The largest absolute Gasteiger partial charge is 0.474 e. The fraction of sp³-hybridized carbons (Fsp3) is 0.545. The number of ether oxygens (including phenoxy) is 1. The summed E-state index contributed by atoms with van der Waals surface area (Å²) in [4.78, 5) is 4.27. The quantitative estimate of drug-likeness (QED) is 0.711. The zero-order valence-electron chi connectivity index (χ0n) is 8.74. The van der Waals surface area contributed by atoms with Gasteiger partial charge in [-0.2, -0.15) is 0 Å². The standard InChI is InChI=1S/C11H17NO/c1-8(2)10(4)13-11-7-5-6-9(3)12-11/h5-8,10H,1-4H3. The molecular formula is C11H17NO. The molecular weight excluding hydrogens is 162 g/mol. The third-order valence-electron chi connectivity index (χ3n) is 2.11. The van der Waals surface area contributed by atoms with Gasteiger partial charge in [-0.25, -0.2) is 4.98 Å². The molecule has 2 heteroatoms. The first kappa shape index (κ1) is 10.0. The van der Waals surface area contributed by atoms with Gasteiger partial charge in [-0.15, -0.1) is 0 Å². The van der Waals surface area contributed by atoms with Gasteiger partial charge in [0.25, 0.3) is 0 Å². The van der Waals surface area contributed by atoms with Gasteiger partial charge in [0, 0.05) is 11.8 Å². The molecule has 1 rings (SSSR count). The van der Waals surface area contributed by atoms with Crippen molar-refractivity contribution in [3.63, 3.8) is 0 Å². The monoisotopic (exact) mass is 179 g/mol. The molecule has 0 aliphatic heterocycles. The maximum atomic E-state index is 5.65. The fourth-order valence-corrected chi connectivity index (χ4v) is 0.910. The molecule has 0 radical (unpaired) electrons. The lowest BCUT2D eigenvalue weighted by atomic mass is 10.1. The second-order valence-corrected chi connectivity index (χ2v) is 3.68. The van der Waals surface area contributed by atoms with Gasteiger partial charge in [0.05, 0.1) is 6.10 Å². The van der Waals surface area contributed by atoms with Crippen LogP contribution in [-0.2, 0) is 0 Å². The first-order valence-corrected chi connectivity index (χ1v) is 4.70. The Morgan fingerprint density at radius 2 is 1.92 bits per heavy atom. The molecule has 0 aromatic carbocycles. The third kappa shape index (κ3) is 3.05. The van der Waals surface area contributed by atoms with Gasteiger partial charge >= 0.3 is 0 Å². The highest BCUT2D eigenvalue weighted by atomic mass is 16.5. The van der Waals surface area contributed by atoms with Crippen LogP contribution in [0.5, 0.6) is 5.88 Å². The summed E-state index contributed by atoms with van der Waals surface area (Å²) >= 11 is 0. The van der Waals surface area contributed by atoms with Crippen molar-refractivity contribution in [2.75, 3.05) is 0 Å². The molecule has 0 fully saturated rings. The SMILES string of the molecule is Cc1cccc(OC(C)C(C)C)n1. The highest BCUT2D eigenvalue weighted by Gasteiger charge is 2.08. The normalized spacial score (nSPS) is 13.0. The Balaban J connectivity index is 2.64. The van der Waals surface area contributed by atoms with Crippen LogP contribution in [0.25, 0.3) is 0 Å². The third-order valence-corrected chi connectivity index (χ3v) is 2.11. The van der Waals surface area contributed by atoms with Crippen molar-refractivity contribution < 1.29 is 4.74 Å². The minimum Gasteiger partial charge on any atom is -0.474 e. The van der Waals surface area contributed by atoms with Crippen molar-refractivity contribution in [1.29, 1.82) is 0 Å². The van der Waals surface area contributed by atoms with Crippen LogP contribution in [0.4, 0.5) is 0 Å². The van der Waals surface area contributed by atoms with E-state index in [2.05, 4.69) is 25.8 Å². The molecule has 0 saturated carbocycles. The predicted molar refractivity (Wildman–Crippen MR) is 53.9 cm³/mol. The Hall–Kier alpha value is -1.05. The van der Waals surface area contributed by atoms with E-state index in [1.165, 1.54) is 0 Å². The van der Waals surface area contributed by atoms with Gasteiger partial charge in [0.2, 0.25) is 5.88 Å². The molecule has 1 aromatic rings. The summed E-state index contributed by atoms with van der Waals surface area (Å²) in [7, 11) is 0. The highest BCUT2D eigenvalue weighted by Crippen LogP contribution is 2.12. The summed E-state index contributed by atoms with van der Waals surface area (Å²) in [5.74, 6) is 1.24. The molecule has 0 spiro atoms. The number of pyridine rings is 1. The maximum absolute atomic E-state index is 5.65. The molecule has 72 valence electrons. The molecule has 0 N–H and O–H groups in total. The second-order valence-electron chi connectivity index (χ2n) is 3.68. The van der Waals surface area contributed by atoms with Crippen molar-refractivity contribution in [3.05, 3.63) is 23.9 Å². The molecule has 0 saturated heterocycles. The molecule has 13 heavy (non-hydrogen) atoms. The molecule has 1 heterocycles. The summed E-state index contributed by atoms with van der Waals surface area (Å²) in [6.45, 7) is 8.31. The van der Waals surface area contributed by atoms with Gasteiger partial charge in [0.1, 0.15) is 0 Å². The summed E-state index contributed by atoms with van der Waals surface area (Å²) in [5.41, 5.74) is 0.994. The first-order chi connectivity index (χ1) is 6.09. The number of rotatable bonds is 3. The van der Waals surface area contributed by atoms with Crippen molar-refractivity contribution >= 4 is 0 Å². The van der Waals surface area contributed by atoms with E-state index in [9.17, 15) is 0 Å². The second kappa shape index (κ2) is 4.26. The molecule has 0 amide bonds. The van der Waals surface area contributed by atoms with E-state index < -0.39 is 0 Å². The van der Waals surface area contributed by atoms with E-state index in [0.717, 1.165) is 11.6 Å². The van der Waals surface area contributed by atoms with Gasteiger partial charge in [-0.1, -0.05) is 19.9 Å². The lowest BCUT2D eigenvalue weighted by Crippen LogP contribution is -2.19. The number of hydrogen-bond acceptors (Lipinski definition) is 2. The van der Waals surface area contributed by atoms with Gasteiger partial charge in [0.15, 0.2) is 0 Å². The maximum Gasteiger partial charge on any atom is 0.213 e. The summed E-state index contributed by atoms with van der Waals surface area (Å²) in [6, 6.07) is 5.82. The average Bonchev–Trinajstić information content (AvgIpc) is 2.04. The molecule has 1 atom stereocenters. The molecule has 2 nitrogen and oxygen atoms in total. The van der Waals surface area contributed by atoms with Crippen molar-refractivity contribution in [3.8, 4) is 5.88 Å². The fourth-order valence-electron chi connectivity index (χ4n) is 0.910. The number of nitrogens with zero attached hydrogens (tertiary/aromatic N) is 1. The zero-order valence-corrected chi connectivity index (χ0v) is 8.74. The van der Waals surface area contributed by atoms with E-state index in [1.807, 2.05) is 25.1 Å². The minimum absolute atomic E-state index is 0.217. The Morgan fingerprint density at radius 1 is 1.23 bits per heavy atom. The van der Waals surface area contributed by atoms with Crippen LogP contribution in [-0.4, -0.2) is 11.1 Å². The first-order valence-electron chi connectivity index (χ1n) is 4.70. The van der Waals surface area contributed by atoms with Gasteiger partial charge < -0.3 is 4.74 Å². The van der Waals surface area contributed by atoms with Crippen LogP contribution in [0, 0.1) is 12.8 Å². The highest BCUT2D eigenvalue weighted by molar-refractivity contribution is 5.14. The Kier molecular flexibility index (Phi) is 3.29. The van der Waals surface area contributed by atoms with Gasteiger partial charge in [-0.3, -0.25) is 0 Å². The summed E-state index contributed by atoms with van der Waals surface area (Å²) < 4.78 is 5.65. The number of hydrogen-bond donors (Lipinski definition) is 0. The van der Waals surface area contributed by atoms with Crippen LogP contribution in [0.15, 0.2) is 18.2 Å². The predicted octanol–water partition coefficient (Wildman–Crippen LogP) is 2.81. The smallest absolute Gasteiger partial charge is 0.213 e. The van der Waals surface area contributed by atoms with E-state index in [1.54, 1.807) is 0 Å². The number of aryl methyl sites for hydroxylation is 1. The van der Waals surface area contributed by atoms with Crippen molar-refractivity contribution in [2.24, 2.45) is 5.92 Å². The number of aromatic nitrogens is 1. The van der Waals surface area contributed by atoms with Crippen LogP contribution < -0.4 is 4.74 Å².